The quantitative estimate of drug-likeness (QED) is 0.653. The molecular formula is C25H22N2O3. The molecule has 1 fully saturated rings. The number of hydrogen-bond acceptors (Lipinski definition) is 4. The second-order valence-electron chi connectivity index (χ2n) is 7.45. The first-order valence-electron chi connectivity index (χ1n) is 9.97. The van der Waals surface area contributed by atoms with Gasteiger partial charge in [-0.05, 0) is 47.5 Å². The lowest BCUT2D eigenvalue weighted by molar-refractivity contribution is -0.120. The number of hydrogen-bond donors (Lipinski definition) is 1. The highest BCUT2D eigenvalue weighted by Gasteiger charge is 2.40. The van der Waals surface area contributed by atoms with E-state index in [4.69, 9.17) is 9.47 Å². The van der Waals surface area contributed by atoms with E-state index in [-0.39, 0.29) is 18.7 Å². The Hall–Kier alpha value is -3.57. The van der Waals surface area contributed by atoms with Gasteiger partial charge in [0, 0.05) is 24.0 Å². The summed E-state index contributed by atoms with van der Waals surface area (Å²) >= 11 is 0. The van der Waals surface area contributed by atoms with Crippen LogP contribution in [0.25, 0.3) is 0 Å². The smallest absolute Gasteiger partial charge is 0.240 e. The molecule has 2 heterocycles. The number of anilines is 2. The molecule has 30 heavy (non-hydrogen) atoms. The molecule has 0 spiro atoms. The number of carbonyl (C=O) groups excluding carboxylic acids is 1. The fourth-order valence-electron chi connectivity index (χ4n) is 4.14. The normalized spacial score (nSPS) is 19.7. The van der Waals surface area contributed by atoms with Gasteiger partial charge in [-0.3, -0.25) is 9.69 Å². The van der Waals surface area contributed by atoms with Crippen LogP contribution in [0, 0.1) is 5.92 Å². The number of fused-ring (bicyclic) bond motifs is 1. The zero-order chi connectivity index (χ0) is 20.5. The Kier molecular flexibility index (Phi) is 4.73. The van der Waals surface area contributed by atoms with Crippen LogP contribution in [0.3, 0.4) is 0 Å². The first kappa shape index (κ1) is 18.5. The number of para-hydroxylation sites is 2. The van der Waals surface area contributed by atoms with E-state index in [0.29, 0.717) is 12.3 Å². The average molecular weight is 398 g/mol. The van der Waals surface area contributed by atoms with Crippen LogP contribution in [0.15, 0.2) is 91.0 Å². The van der Waals surface area contributed by atoms with Gasteiger partial charge in [-0.2, -0.15) is 0 Å². The van der Waals surface area contributed by atoms with Gasteiger partial charge in [-0.15, -0.1) is 0 Å². The Bertz CT molecular complexity index is 1040. The van der Waals surface area contributed by atoms with Gasteiger partial charge in [0.05, 0.1) is 5.92 Å². The zero-order valence-corrected chi connectivity index (χ0v) is 16.5. The first-order valence-corrected chi connectivity index (χ1v) is 9.97. The number of nitrogens with one attached hydrogen (secondary N) is 1. The number of carbonyl (C=O) groups is 1. The van der Waals surface area contributed by atoms with Gasteiger partial charge in [0.25, 0.3) is 0 Å². The van der Waals surface area contributed by atoms with Gasteiger partial charge >= 0.3 is 0 Å². The van der Waals surface area contributed by atoms with E-state index in [9.17, 15) is 4.79 Å². The molecule has 3 aromatic rings. The van der Waals surface area contributed by atoms with Crippen LogP contribution in [-0.4, -0.2) is 19.2 Å². The highest BCUT2D eigenvalue weighted by atomic mass is 16.7. The lowest BCUT2D eigenvalue weighted by Gasteiger charge is -2.29. The van der Waals surface area contributed by atoms with Crippen LogP contribution in [-0.2, 0) is 4.79 Å². The second kappa shape index (κ2) is 7.69. The SMILES string of the molecule is C=C1CN[C@@H](c2ccc3c(c2)OCO3)[C@@H]1C(=O)N(c1ccccc1)c1ccccc1. The third kappa shape index (κ3) is 3.23. The first-order chi connectivity index (χ1) is 14.7. The van der Waals surface area contributed by atoms with Crippen molar-refractivity contribution in [1.82, 2.24) is 5.32 Å². The molecule has 0 bridgehead atoms. The van der Waals surface area contributed by atoms with Crippen LogP contribution >= 0.6 is 0 Å². The number of amides is 1. The lowest BCUT2D eigenvalue weighted by atomic mass is 9.89. The van der Waals surface area contributed by atoms with Crippen molar-refractivity contribution in [2.45, 2.75) is 6.04 Å². The minimum atomic E-state index is -0.397. The van der Waals surface area contributed by atoms with Crippen LogP contribution in [0.2, 0.25) is 0 Å². The van der Waals surface area contributed by atoms with E-state index in [2.05, 4.69) is 11.9 Å². The van der Waals surface area contributed by atoms with Crippen molar-refractivity contribution in [1.29, 1.82) is 0 Å². The summed E-state index contributed by atoms with van der Waals surface area (Å²) in [5.41, 5.74) is 3.52. The Morgan fingerprint density at radius 1 is 0.900 bits per heavy atom. The van der Waals surface area contributed by atoms with Crippen molar-refractivity contribution in [2.75, 3.05) is 18.2 Å². The molecule has 5 nitrogen and oxygen atoms in total. The van der Waals surface area contributed by atoms with E-state index in [0.717, 1.165) is 28.3 Å². The van der Waals surface area contributed by atoms with E-state index >= 15 is 0 Å². The molecule has 2 aliphatic heterocycles. The number of ether oxygens (including phenoxy) is 2. The number of nitrogens with zero attached hydrogens (tertiary/aromatic N) is 1. The van der Waals surface area contributed by atoms with E-state index < -0.39 is 5.92 Å². The molecule has 1 N–H and O–H groups in total. The van der Waals surface area contributed by atoms with Crippen molar-refractivity contribution in [3.05, 3.63) is 96.6 Å². The Balaban J connectivity index is 1.54. The van der Waals surface area contributed by atoms with Crippen molar-refractivity contribution >= 4 is 17.3 Å². The Morgan fingerprint density at radius 3 is 2.20 bits per heavy atom. The molecule has 0 saturated carbocycles. The minimum Gasteiger partial charge on any atom is -0.454 e. The van der Waals surface area contributed by atoms with Crippen LogP contribution in [0.1, 0.15) is 11.6 Å². The summed E-state index contributed by atoms with van der Waals surface area (Å²) in [6, 6.07) is 25.1. The van der Waals surface area contributed by atoms with E-state index in [1.807, 2.05) is 78.9 Å². The largest absolute Gasteiger partial charge is 0.454 e. The maximum absolute atomic E-state index is 13.9. The fraction of sp³-hybridized carbons (Fsp3) is 0.160. The molecule has 150 valence electrons. The number of rotatable bonds is 4. The molecule has 0 aromatic heterocycles. The molecule has 1 amide bonds. The van der Waals surface area contributed by atoms with Gasteiger partial charge in [0.15, 0.2) is 11.5 Å². The maximum Gasteiger partial charge on any atom is 0.240 e. The molecule has 0 radical (unpaired) electrons. The average Bonchev–Trinajstić information content (AvgIpc) is 3.41. The summed E-state index contributed by atoms with van der Waals surface area (Å²) in [6.45, 7) is 5.02. The Morgan fingerprint density at radius 2 is 1.53 bits per heavy atom. The number of benzene rings is 3. The predicted molar refractivity (Wildman–Crippen MR) is 116 cm³/mol. The monoisotopic (exact) mass is 398 g/mol. The van der Waals surface area contributed by atoms with Crippen LogP contribution in [0.4, 0.5) is 11.4 Å². The molecule has 0 aliphatic carbocycles. The summed E-state index contributed by atoms with van der Waals surface area (Å²) in [6.07, 6.45) is 0. The summed E-state index contributed by atoms with van der Waals surface area (Å²) < 4.78 is 11.0. The zero-order valence-electron chi connectivity index (χ0n) is 16.5. The molecule has 1 saturated heterocycles. The van der Waals surface area contributed by atoms with Crippen molar-refractivity contribution < 1.29 is 14.3 Å². The van der Waals surface area contributed by atoms with Crippen molar-refractivity contribution in [3.8, 4) is 11.5 Å². The lowest BCUT2D eigenvalue weighted by Crippen LogP contribution is -2.35. The highest BCUT2D eigenvalue weighted by molar-refractivity contribution is 6.03. The van der Waals surface area contributed by atoms with Gasteiger partial charge in [-0.25, -0.2) is 0 Å². The van der Waals surface area contributed by atoms with Crippen molar-refractivity contribution in [2.24, 2.45) is 5.92 Å². The molecule has 3 aromatic carbocycles. The van der Waals surface area contributed by atoms with Crippen molar-refractivity contribution in [3.63, 3.8) is 0 Å². The molecule has 5 heteroatoms. The standard InChI is InChI=1S/C25H22N2O3/c1-17-15-26-24(18-12-13-21-22(14-18)30-16-29-21)23(17)25(28)27(19-8-4-2-5-9-19)20-10-6-3-7-11-20/h2-14,23-24,26H,1,15-16H2/t23-,24+/m1/s1. The summed E-state index contributed by atoms with van der Waals surface area (Å²) in [7, 11) is 0. The van der Waals surface area contributed by atoms with Gasteiger partial charge < -0.3 is 14.8 Å². The van der Waals surface area contributed by atoms with Crippen LogP contribution in [0.5, 0.6) is 11.5 Å². The Labute approximate surface area is 175 Å². The summed E-state index contributed by atoms with van der Waals surface area (Å²) in [4.78, 5) is 15.7. The molecular weight excluding hydrogens is 376 g/mol. The second-order valence-corrected chi connectivity index (χ2v) is 7.45. The van der Waals surface area contributed by atoms with E-state index in [1.54, 1.807) is 4.90 Å². The molecule has 0 unspecified atom stereocenters. The van der Waals surface area contributed by atoms with Gasteiger partial charge in [0.1, 0.15) is 0 Å². The third-order valence-corrected chi connectivity index (χ3v) is 5.59. The minimum absolute atomic E-state index is 0.00920. The van der Waals surface area contributed by atoms with Gasteiger partial charge in [0.2, 0.25) is 12.7 Å². The highest BCUT2D eigenvalue weighted by Crippen LogP contribution is 2.41. The topological polar surface area (TPSA) is 50.8 Å². The summed E-state index contributed by atoms with van der Waals surface area (Å²) in [5.74, 6) is 1.03. The maximum atomic E-state index is 13.9. The predicted octanol–water partition coefficient (Wildman–Crippen LogP) is 4.60. The molecule has 5 rings (SSSR count). The molecule has 2 atom stereocenters. The molecule has 2 aliphatic rings. The summed E-state index contributed by atoms with van der Waals surface area (Å²) in [5, 5.41) is 3.46. The van der Waals surface area contributed by atoms with E-state index in [1.165, 1.54) is 0 Å². The fourth-order valence-corrected chi connectivity index (χ4v) is 4.14. The third-order valence-electron chi connectivity index (χ3n) is 5.59. The van der Waals surface area contributed by atoms with Crippen LogP contribution < -0.4 is 19.7 Å². The van der Waals surface area contributed by atoms with Gasteiger partial charge in [-0.1, -0.05) is 49.0 Å².